The molecule has 0 aliphatic heterocycles. The third-order valence-electron chi connectivity index (χ3n) is 4.51. The summed E-state index contributed by atoms with van der Waals surface area (Å²) >= 11 is 2.64. The van der Waals surface area contributed by atoms with Gasteiger partial charge in [-0.15, -0.1) is 0 Å². The first-order chi connectivity index (χ1) is 8.79. The molecule has 1 heteroatoms. The molecule has 0 fully saturated rings. The first-order valence-electron chi connectivity index (χ1n) is 7.85. The molecule has 18 heavy (non-hydrogen) atoms. The summed E-state index contributed by atoms with van der Waals surface area (Å²) in [5.74, 6) is 0. The van der Waals surface area contributed by atoms with Gasteiger partial charge in [-0.2, -0.15) is 0 Å². The van der Waals surface area contributed by atoms with Crippen LogP contribution in [0.3, 0.4) is 0 Å². The molecule has 0 N–H and O–H groups in total. The molecule has 0 unspecified atom stereocenters. The Hall–Kier alpha value is 0.210. The first kappa shape index (κ1) is 14.6. The zero-order chi connectivity index (χ0) is 12.8. The summed E-state index contributed by atoms with van der Waals surface area (Å²) in [6.07, 6.45) is 16.8. The lowest BCUT2D eigenvalue weighted by Crippen LogP contribution is -2.02. The molecule has 0 atom stereocenters. The van der Waals surface area contributed by atoms with Crippen LogP contribution in [-0.4, -0.2) is 0 Å². The number of hydrogen-bond acceptors (Lipinski definition) is 0. The molecule has 0 heterocycles. The van der Waals surface area contributed by atoms with E-state index in [9.17, 15) is 0 Å². The fourth-order valence-corrected chi connectivity index (χ4v) is 4.33. The van der Waals surface area contributed by atoms with Crippen molar-refractivity contribution in [3.63, 3.8) is 0 Å². The van der Waals surface area contributed by atoms with Gasteiger partial charge in [-0.3, -0.25) is 0 Å². The van der Waals surface area contributed by atoms with Crippen LogP contribution in [0.4, 0.5) is 0 Å². The maximum Gasteiger partial charge on any atom is -0.00593 e. The van der Waals surface area contributed by atoms with Crippen LogP contribution in [0.1, 0.15) is 84.0 Å². The Balaban J connectivity index is 2.23. The molecule has 2 aliphatic carbocycles. The van der Waals surface area contributed by atoms with Crippen molar-refractivity contribution in [1.29, 1.82) is 0 Å². The molecular weight excluding hydrogens is 331 g/mol. The van der Waals surface area contributed by atoms with Crippen LogP contribution < -0.4 is 0 Å². The molecule has 2 rings (SSSR count). The van der Waals surface area contributed by atoms with E-state index in [1.54, 1.807) is 20.3 Å². The molecular formula is C17H27I. The fraction of sp³-hybridized carbons (Fsp3) is 0.765. The molecule has 0 bridgehead atoms. The zero-order valence-corrected chi connectivity index (χ0v) is 14.0. The standard InChI is InChI=1S/C17H27I/c1-14-10-6-2-3-7-11-15(14)16-12-8-4-5-9-13-17(16)18/h2-13H2,1H3/b15-14+,17-16-. The minimum atomic E-state index is 1.34. The van der Waals surface area contributed by atoms with E-state index in [-0.39, 0.29) is 0 Å². The van der Waals surface area contributed by atoms with Crippen molar-refractivity contribution in [3.8, 4) is 0 Å². The molecule has 2 aliphatic rings. The summed E-state index contributed by atoms with van der Waals surface area (Å²) in [5.41, 5.74) is 5.23. The smallest absolute Gasteiger partial charge is 0.00593 e. The summed E-state index contributed by atoms with van der Waals surface area (Å²) in [5, 5.41) is 0. The van der Waals surface area contributed by atoms with Gasteiger partial charge in [0.25, 0.3) is 0 Å². The molecule has 0 radical (unpaired) electrons. The van der Waals surface area contributed by atoms with Crippen LogP contribution in [0.25, 0.3) is 0 Å². The lowest BCUT2D eigenvalue weighted by Gasteiger charge is -2.22. The Morgan fingerprint density at radius 3 is 1.78 bits per heavy atom. The Morgan fingerprint density at radius 2 is 1.11 bits per heavy atom. The second-order valence-corrected chi connectivity index (χ2v) is 7.27. The van der Waals surface area contributed by atoms with Gasteiger partial charge in [0.1, 0.15) is 0 Å². The van der Waals surface area contributed by atoms with Crippen LogP contribution in [0, 0.1) is 0 Å². The van der Waals surface area contributed by atoms with Gasteiger partial charge in [-0.1, -0.05) is 31.3 Å². The second-order valence-electron chi connectivity index (χ2n) is 5.97. The van der Waals surface area contributed by atoms with Crippen molar-refractivity contribution >= 4 is 22.6 Å². The number of allylic oxidation sites excluding steroid dienone is 4. The summed E-state index contributed by atoms with van der Waals surface area (Å²) in [6, 6.07) is 0. The Bertz CT molecular complexity index is 302. The third kappa shape index (κ3) is 4.11. The fourth-order valence-electron chi connectivity index (χ4n) is 3.35. The summed E-state index contributed by atoms with van der Waals surface area (Å²) < 4.78 is 1.68. The SMILES string of the molecule is C/C1=C(\C2=C(/I)CCCCCC2)CCCCCC1. The number of rotatable bonds is 1. The molecule has 0 aromatic rings. The van der Waals surface area contributed by atoms with Crippen LogP contribution in [-0.2, 0) is 0 Å². The van der Waals surface area contributed by atoms with Crippen molar-refractivity contribution in [1.82, 2.24) is 0 Å². The molecule has 0 aromatic carbocycles. The van der Waals surface area contributed by atoms with Crippen molar-refractivity contribution in [2.24, 2.45) is 0 Å². The van der Waals surface area contributed by atoms with E-state index in [4.69, 9.17) is 0 Å². The summed E-state index contributed by atoms with van der Waals surface area (Å²) in [6.45, 7) is 2.40. The van der Waals surface area contributed by atoms with Gasteiger partial charge in [0.05, 0.1) is 0 Å². The van der Waals surface area contributed by atoms with E-state index in [0.717, 1.165) is 0 Å². The Labute approximate surface area is 126 Å². The molecule has 0 aromatic heterocycles. The summed E-state index contributed by atoms with van der Waals surface area (Å²) in [4.78, 5) is 0. The quantitative estimate of drug-likeness (QED) is 0.458. The lowest BCUT2D eigenvalue weighted by molar-refractivity contribution is 0.595. The van der Waals surface area contributed by atoms with Gasteiger partial charge in [-0.05, 0) is 95.6 Å². The van der Waals surface area contributed by atoms with Crippen molar-refractivity contribution < 1.29 is 0 Å². The Kier molecular flexibility index (Phi) is 6.26. The maximum absolute atomic E-state index is 2.64. The van der Waals surface area contributed by atoms with Gasteiger partial charge in [-0.25, -0.2) is 0 Å². The van der Waals surface area contributed by atoms with Gasteiger partial charge in [0, 0.05) is 0 Å². The maximum atomic E-state index is 2.64. The van der Waals surface area contributed by atoms with Crippen LogP contribution in [0.2, 0.25) is 0 Å². The van der Waals surface area contributed by atoms with Gasteiger partial charge in [0.2, 0.25) is 0 Å². The normalized spacial score (nSPS) is 32.3. The average Bonchev–Trinajstić information content (AvgIpc) is 2.32. The van der Waals surface area contributed by atoms with Gasteiger partial charge < -0.3 is 0 Å². The predicted molar refractivity (Wildman–Crippen MR) is 89.2 cm³/mol. The van der Waals surface area contributed by atoms with Gasteiger partial charge >= 0.3 is 0 Å². The monoisotopic (exact) mass is 358 g/mol. The molecule has 0 nitrogen and oxygen atoms in total. The minimum Gasteiger partial charge on any atom is -0.0698 e. The summed E-state index contributed by atoms with van der Waals surface area (Å²) in [7, 11) is 0. The lowest BCUT2D eigenvalue weighted by atomic mass is 9.86. The van der Waals surface area contributed by atoms with Crippen molar-refractivity contribution in [2.45, 2.75) is 84.0 Å². The van der Waals surface area contributed by atoms with Crippen molar-refractivity contribution in [3.05, 3.63) is 20.3 Å². The average molecular weight is 358 g/mol. The molecule has 0 saturated carbocycles. The van der Waals surface area contributed by atoms with Gasteiger partial charge in [0.15, 0.2) is 0 Å². The zero-order valence-electron chi connectivity index (χ0n) is 11.9. The molecule has 0 saturated heterocycles. The van der Waals surface area contributed by atoms with Crippen LogP contribution in [0.5, 0.6) is 0 Å². The highest BCUT2D eigenvalue weighted by molar-refractivity contribution is 14.1. The van der Waals surface area contributed by atoms with E-state index in [2.05, 4.69) is 29.5 Å². The Morgan fingerprint density at radius 1 is 0.611 bits per heavy atom. The largest absolute Gasteiger partial charge is 0.0698 e. The van der Waals surface area contributed by atoms with E-state index in [1.165, 1.54) is 77.0 Å². The first-order valence-corrected chi connectivity index (χ1v) is 8.93. The topological polar surface area (TPSA) is 0 Å². The highest BCUT2D eigenvalue weighted by Crippen LogP contribution is 2.37. The number of halogens is 1. The molecule has 0 spiro atoms. The highest BCUT2D eigenvalue weighted by atomic mass is 127. The van der Waals surface area contributed by atoms with E-state index >= 15 is 0 Å². The van der Waals surface area contributed by atoms with E-state index < -0.39 is 0 Å². The highest BCUT2D eigenvalue weighted by Gasteiger charge is 2.15. The molecule has 0 amide bonds. The molecule has 102 valence electrons. The van der Waals surface area contributed by atoms with E-state index in [0.29, 0.717) is 0 Å². The second kappa shape index (κ2) is 7.72. The van der Waals surface area contributed by atoms with Crippen molar-refractivity contribution in [2.75, 3.05) is 0 Å². The van der Waals surface area contributed by atoms with E-state index in [1.807, 2.05) is 0 Å². The van der Waals surface area contributed by atoms with Crippen LogP contribution >= 0.6 is 22.6 Å². The predicted octanol–water partition coefficient (Wildman–Crippen LogP) is 6.70. The van der Waals surface area contributed by atoms with Crippen LogP contribution in [0.15, 0.2) is 20.3 Å². The minimum absolute atomic E-state index is 1.34. The number of hydrogen-bond donors (Lipinski definition) is 0. The third-order valence-corrected chi connectivity index (χ3v) is 5.70.